The van der Waals surface area contributed by atoms with Crippen LogP contribution in [-0.4, -0.2) is 54.2 Å². The Balaban J connectivity index is 2.17. The molecule has 1 amide bonds. The van der Waals surface area contributed by atoms with Crippen LogP contribution in [0.15, 0.2) is 0 Å². The molecular weight excluding hydrogens is 276 g/mol. The summed E-state index contributed by atoms with van der Waals surface area (Å²) in [5.41, 5.74) is 5.84. The standard InChI is InChI=1S/C13H22N4O2S/c1-16(2)13-15-11(14)10(20-13)12(19)17(3)8-6-4-5-7-9(8)18/h8-9,18H,4-7,14H2,1-3H3. The summed E-state index contributed by atoms with van der Waals surface area (Å²) in [5.74, 6) is 0.111. The van der Waals surface area contributed by atoms with Crippen LogP contribution < -0.4 is 10.6 Å². The molecule has 6 nitrogen and oxygen atoms in total. The summed E-state index contributed by atoms with van der Waals surface area (Å²) in [6, 6.07) is -0.124. The van der Waals surface area contributed by atoms with E-state index in [4.69, 9.17) is 5.73 Å². The first-order valence-electron chi connectivity index (χ1n) is 6.80. The van der Waals surface area contributed by atoms with Crippen LogP contribution in [0.25, 0.3) is 0 Å². The fourth-order valence-corrected chi connectivity index (χ4v) is 3.41. The predicted molar refractivity (Wildman–Crippen MR) is 81.2 cm³/mol. The lowest BCUT2D eigenvalue weighted by Gasteiger charge is -2.34. The summed E-state index contributed by atoms with van der Waals surface area (Å²) in [5, 5.41) is 10.8. The van der Waals surface area contributed by atoms with Gasteiger partial charge in [0.25, 0.3) is 5.91 Å². The minimum Gasteiger partial charge on any atom is -0.391 e. The van der Waals surface area contributed by atoms with E-state index in [2.05, 4.69) is 4.98 Å². The Hall–Kier alpha value is -1.34. The number of nitrogens with zero attached hydrogens (tertiary/aromatic N) is 3. The molecule has 2 unspecified atom stereocenters. The van der Waals surface area contributed by atoms with Gasteiger partial charge in [0, 0.05) is 21.1 Å². The highest BCUT2D eigenvalue weighted by atomic mass is 32.1. The van der Waals surface area contributed by atoms with Gasteiger partial charge >= 0.3 is 0 Å². The van der Waals surface area contributed by atoms with Crippen LogP contribution in [0.4, 0.5) is 10.9 Å². The van der Waals surface area contributed by atoms with Gasteiger partial charge in [0.15, 0.2) is 5.13 Å². The van der Waals surface area contributed by atoms with Gasteiger partial charge in [-0.2, -0.15) is 0 Å². The number of carbonyl (C=O) groups excluding carboxylic acids is 1. The van der Waals surface area contributed by atoms with Crippen molar-refractivity contribution in [1.29, 1.82) is 0 Å². The quantitative estimate of drug-likeness (QED) is 0.875. The van der Waals surface area contributed by atoms with Crippen LogP contribution in [0.1, 0.15) is 35.4 Å². The molecule has 20 heavy (non-hydrogen) atoms. The number of likely N-dealkylation sites (N-methyl/N-ethyl adjacent to an activating group) is 1. The maximum atomic E-state index is 12.5. The SMILES string of the molecule is CN(C)c1nc(N)c(C(=O)N(C)C2CCCCC2O)s1. The largest absolute Gasteiger partial charge is 0.391 e. The maximum absolute atomic E-state index is 12.5. The topological polar surface area (TPSA) is 82.7 Å². The third-order valence-corrected chi connectivity index (χ3v) is 4.96. The molecule has 0 aliphatic heterocycles. The highest BCUT2D eigenvalue weighted by Crippen LogP contribution is 2.30. The molecule has 0 radical (unpaired) electrons. The monoisotopic (exact) mass is 298 g/mol. The van der Waals surface area contributed by atoms with Crippen molar-refractivity contribution in [1.82, 2.24) is 9.88 Å². The van der Waals surface area contributed by atoms with Crippen molar-refractivity contribution in [3.05, 3.63) is 4.88 Å². The summed E-state index contributed by atoms with van der Waals surface area (Å²) in [7, 11) is 5.46. The predicted octanol–water partition coefficient (Wildman–Crippen LogP) is 1.17. The van der Waals surface area contributed by atoms with E-state index in [0.717, 1.165) is 25.7 Å². The lowest BCUT2D eigenvalue weighted by molar-refractivity contribution is 0.0271. The third-order valence-electron chi connectivity index (χ3n) is 3.73. The molecule has 1 fully saturated rings. The second-order valence-corrected chi connectivity index (χ2v) is 6.42. The number of aromatic nitrogens is 1. The van der Waals surface area contributed by atoms with Crippen LogP contribution in [0.3, 0.4) is 0 Å². The summed E-state index contributed by atoms with van der Waals surface area (Å²) < 4.78 is 0. The Kier molecular flexibility index (Phi) is 4.49. The summed E-state index contributed by atoms with van der Waals surface area (Å²) in [6.45, 7) is 0. The van der Waals surface area contributed by atoms with Crippen LogP contribution >= 0.6 is 11.3 Å². The van der Waals surface area contributed by atoms with E-state index >= 15 is 0 Å². The lowest BCUT2D eigenvalue weighted by atomic mass is 9.91. The number of nitrogens with two attached hydrogens (primary N) is 1. The zero-order valence-corrected chi connectivity index (χ0v) is 13.0. The summed E-state index contributed by atoms with van der Waals surface area (Å²) >= 11 is 1.29. The molecule has 1 aliphatic rings. The van der Waals surface area contributed by atoms with E-state index in [9.17, 15) is 9.90 Å². The number of aliphatic hydroxyl groups excluding tert-OH is 1. The van der Waals surface area contributed by atoms with E-state index < -0.39 is 6.10 Å². The Morgan fingerprint density at radius 1 is 1.35 bits per heavy atom. The average Bonchev–Trinajstić information content (AvgIpc) is 2.80. The molecule has 0 bridgehead atoms. The first kappa shape index (κ1) is 15.1. The van der Waals surface area contributed by atoms with Crippen LogP contribution in [0.2, 0.25) is 0 Å². The van der Waals surface area contributed by atoms with Crippen LogP contribution in [0, 0.1) is 0 Å². The summed E-state index contributed by atoms with van der Waals surface area (Å²) in [6.07, 6.45) is 3.21. The van der Waals surface area contributed by atoms with Crippen molar-refractivity contribution in [3.63, 3.8) is 0 Å². The number of carbonyl (C=O) groups is 1. The average molecular weight is 298 g/mol. The minimum atomic E-state index is -0.444. The van der Waals surface area contributed by atoms with Crippen LogP contribution in [-0.2, 0) is 0 Å². The first-order chi connectivity index (χ1) is 9.41. The maximum Gasteiger partial charge on any atom is 0.267 e. The van der Waals surface area contributed by atoms with Gasteiger partial charge in [0.05, 0.1) is 12.1 Å². The van der Waals surface area contributed by atoms with E-state index in [-0.39, 0.29) is 17.8 Å². The van der Waals surface area contributed by atoms with E-state index in [1.54, 1.807) is 11.9 Å². The van der Waals surface area contributed by atoms with Gasteiger partial charge in [0.2, 0.25) is 0 Å². The molecule has 3 N–H and O–H groups in total. The van der Waals surface area contributed by atoms with Crippen molar-refractivity contribution in [2.24, 2.45) is 0 Å². The highest BCUT2D eigenvalue weighted by molar-refractivity contribution is 7.18. The van der Waals surface area contributed by atoms with Gasteiger partial charge < -0.3 is 20.6 Å². The van der Waals surface area contributed by atoms with E-state index in [1.807, 2.05) is 19.0 Å². The molecule has 2 atom stereocenters. The molecule has 7 heteroatoms. The van der Waals surface area contributed by atoms with E-state index in [1.165, 1.54) is 11.3 Å². The number of hydrogen-bond donors (Lipinski definition) is 2. The number of amides is 1. The smallest absolute Gasteiger partial charge is 0.267 e. The Morgan fingerprint density at radius 2 is 2.00 bits per heavy atom. The number of nitrogen functional groups attached to an aromatic ring is 1. The lowest BCUT2D eigenvalue weighted by Crippen LogP contribution is -2.46. The van der Waals surface area contributed by atoms with Gasteiger partial charge in [-0.05, 0) is 12.8 Å². The second-order valence-electron chi connectivity index (χ2n) is 5.44. The molecule has 1 aromatic heterocycles. The zero-order chi connectivity index (χ0) is 14.9. The zero-order valence-electron chi connectivity index (χ0n) is 12.2. The van der Waals surface area contributed by atoms with Gasteiger partial charge in [-0.1, -0.05) is 24.2 Å². The fraction of sp³-hybridized carbons (Fsp3) is 0.692. The molecule has 0 spiro atoms. The first-order valence-corrected chi connectivity index (χ1v) is 7.62. The highest BCUT2D eigenvalue weighted by Gasteiger charge is 2.31. The second kappa shape index (κ2) is 5.97. The van der Waals surface area contributed by atoms with Crippen molar-refractivity contribution >= 4 is 28.2 Å². The normalized spacial score (nSPS) is 22.6. The Bertz CT molecular complexity index is 489. The minimum absolute atomic E-state index is 0.124. The number of thiazole rings is 1. The third kappa shape index (κ3) is 2.88. The van der Waals surface area contributed by atoms with Gasteiger partial charge in [-0.15, -0.1) is 0 Å². The van der Waals surface area contributed by atoms with Crippen molar-refractivity contribution in [3.8, 4) is 0 Å². The number of anilines is 2. The molecule has 1 saturated carbocycles. The molecular formula is C13H22N4O2S. The van der Waals surface area contributed by atoms with Crippen LogP contribution in [0.5, 0.6) is 0 Å². The van der Waals surface area contributed by atoms with Gasteiger partial charge in [-0.25, -0.2) is 4.98 Å². The van der Waals surface area contributed by atoms with Crippen molar-refractivity contribution < 1.29 is 9.90 Å². The number of aliphatic hydroxyl groups is 1. The van der Waals surface area contributed by atoms with Crippen molar-refractivity contribution in [2.45, 2.75) is 37.8 Å². The van der Waals surface area contributed by atoms with E-state index in [0.29, 0.717) is 10.0 Å². The fourth-order valence-electron chi connectivity index (χ4n) is 2.52. The Labute approximate surface area is 123 Å². The number of rotatable bonds is 3. The molecule has 1 aliphatic carbocycles. The van der Waals surface area contributed by atoms with Crippen molar-refractivity contribution in [2.75, 3.05) is 31.8 Å². The van der Waals surface area contributed by atoms with Gasteiger partial charge in [0.1, 0.15) is 10.7 Å². The molecule has 0 saturated heterocycles. The number of hydrogen-bond acceptors (Lipinski definition) is 6. The van der Waals surface area contributed by atoms with Gasteiger partial charge in [-0.3, -0.25) is 4.79 Å². The molecule has 112 valence electrons. The Morgan fingerprint density at radius 3 is 2.55 bits per heavy atom. The molecule has 1 heterocycles. The molecule has 2 rings (SSSR count). The summed E-state index contributed by atoms with van der Waals surface area (Å²) in [4.78, 5) is 20.6. The molecule has 0 aromatic carbocycles. The molecule has 1 aromatic rings.